The van der Waals surface area contributed by atoms with Crippen LogP contribution in [0.4, 0.5) is 4.39 Å². The number of nitrogens with one attached hydrogen (secondary N) is 2. The van der Waals surface area contributed by atoms with Crippen molar-refractivity contribution in [3.05, 3.63) is 52.6 Å². The average molecular weight is 387 g/mol. The number of aromatic nitrogens is 2. The summed E-state index contributed by atoms with van der Waals surface area (Å²) in [6.45, 7) is 3.57. The number of piperidine rings is 1. The Labute approximate surface area is 157 Å². The second kappa shape index (κ2) is 8.65. The van der Waals surface area contributed by atoms with Crippen molar-refractivity contribution in [1.82, 2.24) is 20.4 Å². The SMILES string of the molecule is CC(NC(=O)c1ccn(C2CCCNC2)n1)c1c(F)cccc1Cl.Cl. The molecule has 1 amide bonds. The summed E-state index contributed by atoms with van der Waals surface area (Å²) >= 11 is 6.04. The number of carbonyl (C=O) groups excluding carboxylic acids is 1. The number of hydrogen-bond donors (Lipinski definition) is 2. The van der Waals surface area contributed by atoms with Gasteiger partial charge in [-0.25, -0.2) is 4.39 Å². The van der Waals surface area contributed by atoms with Gasteiger partial charge in [-0.15, -0.1) is 12.4 Å². The second-order valence-electron chi connectivity index (χ2n) is 6.01. The quantitative estimate of drug-likeness (QED) is 0.844. The van der Waals surface area contributed by atoms with Crippen LogP contribution in [0, 0.1) is 5.82 Å². The summed E-state index contributed by atoms with van der Waals surface area (Å²) in [5, 5.41) is 10.7. The van der Waals surface area contributed by atoms with Crippen LogP contribution in [0.5, 0.6) is 0 Å². The molecule has 1 saturated heterocycles. The summed E-state index contributed by atoms with van der Waals surface area (Å²) in [4.78, 5) is 12.4. The first-order valence-corrected chi connectivity index (χ1v) is 8.44. The summed E-state index contributed by atoms with van der Waals surface area (Å²) in [5.41, 5.74) is 0.600. The zero-order valence-corrected chi connectivity index (χ0v) is 15.4. The molecule has 0 aliphatic carbocycles. The van der Waals surface area contributed by atoms with Crippen molar-refractivity contribution >= 4 is 29.9 Å². The van der Waals surface area contributed by atoms with E-state index in [-0.39, 0.29) is 29.9 Å². The lowest BCUT2D eigenvalue weighted by atomic mass is 10.1. The van der Waals surface area contributed by atoms with Gasteiger partial charge >= 0.3 is 0 Å². The van der Waals surface area contributed by atoms with Crippen molar-refractivity contribution in [2.75, 3.05) is 13.1 Å². The minimum Gasteiger partial charge on any atom is -0.344 e. The van der Waals surface area contributed by atoms with Crippen molar-refractivity contribution in [3.8, 4) is 0 Å². The zero-order valence-electron chi connectivity index (χ0n) is 13.8. The van der Waals surface area contributed by atoms with Crippen molar-refractivity contribution in [3.63, 3.8) is 0 Å². The number of rotatable bonds is 4. The fraction of sp³-hybridized carbons (Fsp3) is 0.412. The Balaban J connectivity index is 0.00000225. The number of halogens is 3. The fourth-order valence-electron chi connectivity index (χ4n) is 2.99. The van der Waals surface area contributed by atoms with E-state index in [1.54, 1.807) is 19.1 Å². The Bertz CT molecular complexity index is 711. The molecule has 3 rings (SSSR count). The van der Waals surface area contributed by atoms with Gasteiger partial charge in [0.2, 0.25) is 0 Å². The molecule has 2 heterocycles. The molecule has 5 nitrogen and oxygen atoms in total. The smallest absolute Gasteiger partial charge is 0.272 e. The van der Waals surface area contributed by atoms with E-state index in [0.717, 1.165) is 25.9 Å². The summed E-state index contributed by atoms with van der Waals surface area (Å²) in [6, 6.07) is 5.86. The van der Waals surface area contributed by atoms with Crippen molar-refractivity contribution in [2.45, 2.75) is 31.8 Å². The Hall–Kier alpha value is -1.63. The maximum atomic E-state index is 13.9. The third-order valence-corrected chi connectivity index (χ3v) is 4.60. The van der Waals surface area contributed by atoms with E-state index in [2.05, 4.69) is 15.7 Å². The summed E-state index contributed by atoms with van der Waals surface area (Å²) < 4.78 is 15.8. The van der Waals surface area contributed by atoms with Gasteiger partial charge in [-0.2, -0.15) is 5.10 Å². The van der Waals surface area contributed by atoms with Gasteiger partial charge in [0.25, 0.3) is 5.91 Å². The molecule has 136 valence electrons. The zero-order chi connectivity index (χ0) is 17.1. The molecule has 2 aromatic rings. The number of nitrogens with zero attached hydrogens (tertiary/aromatic N) is 2. The highest BCUT2D eigenvalue weighted by Crippen LogP contribution is 2.25. The van der Waals surface area contributed by atoms with Gasteiger partial charge in [-0.05, 0) is 44.5 Å². The van der Waals surface area contributed by atoms with Gasteiger partial charge < -0.3 is 10.6 Å². The highest BCUT2D eigenvalue weighted by molar-refractivity contribution is 6.31. The van der Waals surface area contributed by atoms with Gasteiger partial charge in [0, 0.05) is 23.3 Å². The highest BCUT2D eigenvalue weighted by Gasteiger charge is 2.21. The maximum Gasteiger partial charge on any atom is 0.272 e. The van der Waals surface area contributed by atoms with Gasteiger partial charge in [0.15, 0.2) is 0 Å². The molecule has 0 spiro atoms. The van der Waals surface area contributed by atoms with Crippen molar-refractivity contribution in [2.24, 2.45) is 0 Å². The number of carbonyl (C=O) groups is 1. The van der Waals surface area contributed by atoms with Gasteiger partial charge in [-0.1, -0.05) is 17.7 Å². The molecule has 0 radical (unpaired) electrons. The van der Waals surface area contributed by atoms with Crippen molar-refractivity contribution in [1.29, 1.82) is 0 Å². The predicted octanol–water partition coefficient (Wildman–Crippen LogP) is 3.51. The van der Waals surface area contributed by atoms with Crippen molar-refractivity contribution < 1.29 is 9.18 Å². The van der Waals surface area contributed by atoms with Gasteiger partial charge in [-0.3, -0.25) is 9.48 Å². The van der Waals surface area contributed by atoms with Gasteiger partial charge in [0.05, 0.1) is 12.1 Å². The lowest BCUT2D eigenvalue weighted by molar-refractivity contribution is 0.0933. The van der Waals surface area contributed by atoms with E-state index in [9.17, 15) is 9.18 Å². The molecule has 1 aliphatic heterocycles. The van der Waals surface area contributed by atoms with Crippen LogP contribution in [0.25, 0.3) is 0 Å². The van der Waals surface area contributed by atoms with Crippen LogP contribution in [-0.4, -0.2) is 28.8 Å². The first-order chi connectivity index (χ1) is 11.6. The predicted molar refractivity (Wildman–Crippen MR) is 97.9 cm³/mol. The number of benzene rings is 1. The van der Waals surface area contributed by atoms with E-state index in [4.69, 9.17) is 11.6 Å². The topological polar surface area (TPSA) is 59.0 Å². The van der Waals surface area contributed by atoms with Crippen LogP contribution in [0.3, 0.4) is 0 Å². The molecule has 2 atom stereocenters. The van der Waals surface area contributed by atoms with E-state index >= 15 is 0 Å². The van der Waals surface area contributed by atoms with Crippen LogP contribution in [0.1, 0.15) is 47.9 Å². The first kappa shape index (κ1) is 19.7. The maximum absolute atomic E-state index is 13.9. The lowest BCUT2D eigenvalue weighted by Crippen LogP contribution is -2.32. The number of hydrogen-bond acceptors (Lipinski definition) is 3. The Morgan fingerprint density at radius 1 is 1.48 bits per heavy atom. The summed E-state index contributed by atoms with van der Waals surface area (Å²) in [5.74, 6) is -0.779. The minimum atomic E-state index is -0.548. The van der Waals surface area contributed by atoms with Crippen LogP contribution in [0.2, 0.25) is 5.02 Å². The second-order valence-corrected chi connectivity index (χ2v) is 6.42. The molecular formula is C17H21Cl2FN4O. The Kier molecular flexibility index (Phi) is 6.81. The summed E-state index contributed by atoms with van der Waals surface area (Å²) in [7, 11) is 0. The molecular weight excluding hydrogens is 366 g/mol. The molecule has 0 bridgehead atoms. The fourth-order valence-corrected chi connectivity index (χ4v) is 3.32. The van der Waals surface area contributed by atoms with Crippen LogP contribution >= 0.6 is 24.0 Å². The van der Waals surface area contributed by atoms with Crippen LogP contribution in [-0.2, 0) is 0 Å². The molecule has 2 unspecified atom stereocenters. The third kappa shape index (κ3) is 4.51. The minimum absolute atomic E-state index is 0. The highest BCUT2D eigenvalue weighted by atomic mass is 35.5. The number of amides is 1. The first-order valence-electron chi connectivity index (χ1n) is 8.07. The lowest BCUT2D eigenvalue weighted by Gasteiger charge is -2.23. The largest absolute Gasteiger partial charge is 0.344 e. The molecule has 2 N–H and O–H groups in total. The van der Waals surface area contributed by atoms with E-state index in [0.29, 0.717) is 10.7 Å². The molecule has 1 fully saturated rings. The summed E-state index contributed by atoms with van der Waals surface area (Å²) in [6.07, 6.45) is 3.94. The molecule has 0 saturated carbocycles. The normalized spacial score (nSPS) is 18.3. The van der Waals surface area contributed by atoms with Crippen LogP contribution < -0.4 is 10.6 Å². The van der Waals surface area contributed by atoms with E-state index in [1.807, 2.05) is 10.9 Å². The Morgan fingerprint density at radius 3 is 2.96 bits per heavy atom. The van der Waals surface area contributed by atoms with E-state index < -0.39 is 11.9 Å². The third-order valence-electron chi connectivity index (χ3n) is 4.27. The molecule has 1 aromatic heterocycles. The van der Waals surface area contributed by atoms with E-state index in [1.165, 1.54) is 12.1 Å². The van der Waals surface area contributed by atoms with Gasteiger partial charge in [0.1, 0.15) is 11.5 Å². The van der Waals surface area contributed by atoms with Crippen LogP contribution in [0.15, 0.2) is 30.5 Å². The standard InChI is InChI=1S/C17H20ClFN4O.ClH/c1-11(16-13(18)5-2-6-14(16)19)21-17(24)15-7-9-23(22-15)12-4-3-8-20-10-12;/h2,5-7,9,11-12,20H,3-4,8,10H2,1H3,(H,21,24);1H. The molecule has 8 heteroatoms. The monoisotopic (exact) mass is 386 g/mol. The average Bonchev–Trinajstić information content (AvgIpc) is 3.05. The molecule has 1 aromatic carbocycles. The molecule has 25 heavy (non-hydrogen) atoms. The Morgan fingerprint density at radius 2 is 2.28 bits per heavy atom. The molecule has 1 aliphatic rings.